The highest BCUT2D eigenvalue weighted by Gasteiger charge is 2.33. The lowest BCUT2D eigenvalue weighted by molar-refractivity contribution is -0.130. The average molecular weight is 389 g/mol. The van der Waals surface area contributed by atoms with E-state index in [9.17, 15) is 9.59 Å². The fourth-order valence-corrected chi connectivity index (χ4v) is 3.74. The van der Waals surface area contributed by atoms with Crippen molar-refractivity contribution in [3.8, 4) is 5.75 Å². The van der Waals surface area contributed by atoms with E-state index in [1.54, 1.807) is 0 Å². The number of benzene rings is 2. The molecule has 0 saturated carbocycles. The molecule has 0 saturated heterocycles. The Balaban J connectivity index is 1.74. The predicted octanol–water partition coefficient (Wildman–Crippen LogP) is 3.93. The highest BCUT2D eigenvalue weighted by atomic mass is 16.5. The third kappa shape index (κ3) is 3.66. The van der Waals surface area contributed by atoms with E-state index in [1.807, 2.05) is 62.4 Å². The number of ether oxygens (including phenoxy) is 1. The first-order valence-electron chi connectivity index (χ1n) is 9.70. The van der Waals surface area contributed by atoms with Crippen LogP contribution in [-0.2, 0) is 4.79 Å². The van der Waals surface area contributed by atoms with Gasteiger partial charge in [-0.1, -0.05) is 29.8 Å². The number of hydrogen-bond acceptors (Lipinski definition) is 4. The van der Waals surface area contributed by atoms with Gasteiger partial charge >= 0.3 is 0 Å². The summed E-state index contributed by atoms with van der Waals surface area (Å²) in [6.45, 7) is 5.96. The van der Waals surface area contributed by atoms with Crippen molar-refractivity contribution in [3.63, 3.8) is 0 Å². The number of hydrogen-bond donors (Lipinski definition) is 1. The molecule has 0 fully saturated rings. The summed E-state index contributed by atoms with van der Waals surface area (Å²) in [5.41, 5.74) is 3.91. The lowest BCUT2D eigenvalue weighted by Crippen LogP contribution is -2.29. The number of carbonyl (C=O) groups is 1. The lowest BCUT2D eigenvalue weighted by Gasteiger charge is -2.20. The normalized spacial score (nSPS) is 16.2. The second-order valence-corrected chi connectivity index (χ2v) is 7.24. The van der Waals surface area contributed by atoms with Crippen LogP contribution in [0.2, 0.25) is 0 Å². The van der Waals surface area contributed by atoms with E-state index >= 15 is 0 Å². The topological polar surface area (TPSA) is 74.8 Å². The van der Waals surface area contributed by atoms with Crippen molar-refractivity contribution in [1.29, 1.82) is 0 Å². The van der Waals surface area contributed by atoms with Gasteiger partial charge in [0, 0.05) is 25.0 Å². The highest BCUT2D eigenvalue weighted by molar-refractivity contribution is 6.03. The number of aromatic nitrogens is 1. The first-order chi connectivity index (χ1) is 14.0. The number of aromatic amines is 1. The Hall–Kier alpha value is -3.41. The number of nitrogens with one attached hydrogen (secondary N) is 1. The zero-order valence-electron chi connectivity index (χ0n) is 16.7. The molecule has 0 bridgehead atoms. The molecule has 0 radical (unpaired) electrons. The van der Waals surface area contributed by atoms with Gasteiger partial charge in [0.05, 0.1) is 23.9 Å². The molecule has 148 valence electrons. The summed E-state index contributed by atoms with van der Waals surface area (Å²) < 4.78 is 5.51. The van der Waals surface area contributed by atoms with Gasteiger partial charge in [-0.15, -0.1) is 0 Å². The Kier molecular flexibility index (Phi) is 4.92. The van der Waals surface area contributed by atoms with Crippen LogP contribution in [0.15, 0.2) is 58.4 Å². The number of nitrogens with zero attached hydrogens (tertiary/aromatic N) is 2. The molecule has 4 rings (SSSR count). The molecule has 29 heavy (non-hydrogen) atoms. The Labute approximate surface area is 168 Å². The number of fused-ring (bicyclic) bond motifs is 1. The van der Waals surface area contributed by atoms with Crippen molar-refractivity contribution in [2.24, 2.45) is 5.10 Å². The number of H-pyrrole nitrogens is 1. The maximum absolute atomic E-state index is 12.9. The highest BCUT2D eigenvalue weighted by Crippen LogP contribution is 2.32. The van der Waals surface area contributed by atoms with E-state index in [0.29, 0.717) is 29.9 Å². The largest absolute Gasteiger partial charge is 0.494 e. The van der Waals surface area contributed by atoms with Crippen molar-refractivity contribution in [2.75, 3.05) is 6.61 Å². The Morgan fingerprint density at radius 1 is 1.24 bits per heavy atom. The van der Waals surface area contributed by atoms with Crippen LogP contribution in [0.3, 0.4) is 0 Å². The van der Waals surface area contributed by atoms with Crippen molar-refractivity contribution >= 4 is 22.5 Å². The van der Waals surface area contributed by atoms with Crippen LogP contribution in [0, 0.1) is 6.92 Å². The molecule has 1 aliphatic heterocycles. The molecule has 1 aromatic heterocycles. The van der Waals surface area contributed by atoms with Gasteiger partial charge in [0.15, 0.2) is 0 Å². The summed E-state index contributed by atoms with van der Waals surface area (Å²) in [6.07, 6.45) is 0.495. The molecule has 1 N–H and O–H groups in total. The van der Waals surface area contributed by atoms with E-state index in [0.717, 1.165) is 22.2 Å². The second kappa shape index (κ2) is 7.54. The van der Waals surface area contributed by atoms with Crippen LogP contribution in [0.4, 0.5) is 0 Å². The quantitative estimate of drug-likeness (QED) is 0.735. The minimum atomic E-state index is -0.428. The molecule has 2 aromatic carbocycles. The van der Waals surface area contributed by atoms with Crippen molar-refractivity contribution in [3.05, 3.63) is 75.6 Å². The number of rotatable bonds is 4. The first kappa shape index (κ1) is 18.9. The number of pyridine rings is 1. The third-order valence-corrected chi connectivity index (χ3v) is 5.10. The van der Waals surface area contributed by atoms with Crippen molar-refractivity contribution in [1.82, 2.24) is 9.99 Å². The van der Waals surface area contributed by atoms with Gasteiger partial charge in [0.2, 0.25) is 5.91 Å². The van der Waals surface area contributed by atoms with Crippen LogP contribution in [0.5, 0.6) is 5.75 Å². The lowest BCUT2D eigenvalue weighted by atomic mass is 9.97. The van der Waals surface area contributed by atoms with E-state index in [-0.39, 0.29) is 11.5 Å². The van der Waals surface area contributed by atoms with Crippen LogP contribution in [-0.4, -0.2) is 28.2 Å². The molecule has 0 aliphatic carbocycles. The molecule has 0 unspecified atom stereocenters. The molecule has 3 aromatic rings. The van der Waals surface area contributed by atoms with Gasteiger partial charge in [-0.25, -0.2) is 5.01 Å². The predicted molar refractivity (Wildman–Crippen MR) is 113 cm³/mol. The standard InChI is InChI=1S/C23H23N3O3/c1-4-29-18-9-8-17-11-19(23(28)24-20(17)12-18)22-13-21(25-26(22)15(3)27)16-7-5-6-14(2)10-16/h5-12,22H,4,13H2,1-3H3,(H,24,28)/t22-/m0/s1. The fraction of sp³-hybridized carbons (Fsp3) is 0.261. The number of aryl methyl sites for hydroxylation is 1. The Bertz CT molecular complexity index is 1180. The molecular formula is C23H23N3O3. The van der Waals surface area contributed by atoms with Gasteiger partial charge in [-0.2, -0.15) is 5.10 Å². The molecule has 6 heteroatoms. The summed E-state index contributed by atoms with van der Waals surface area (Å²) in [6, 6.07) is 15.0. The third-order valence-electron chi connectivity index (χ3n) is 5.10. The van der Waals surface area contributed by atoms with Crippen LogP contribution in [0.1, 0.15) is 43.0 Å². The molecular weight excluding hydrogens is 366 g/mol. The zero-order chi connectivity index (χ0) is 20.5. The molecule has 1 amide bonds. The maximum atomic E-state index is 12.9. The van der Waals surface area contributed by atoms with Gasteiger partial charge in [0.25, 0.3) is 5.56 Å². The zero-order valence-corrected chi connectivity index (χ0v) is 16.7. The Morgan fingerprint density at radius 2 is 2.07 bits per heavy atom. The minimum Gasteiger partial charge on any atom is -0.494 e. The smallest absolute Gasteiger partial charge is 0.253 e. The summed E-state index contributed by atoms with van der Waals surface area (Å²) in [5.74, 6) is 0.517. The molecule has 1 aliphatic rings. The molecule has 1 atom stereocenters. The van der Waals surface area contributed by atoms with Crippen molar-refractivity contribution < 1.29 is 9.53 Å². The van der Waals surface area contributed by atoms with Crippen LogP contribution < -0.4 is 10.3 Å². The first-order valence-corrected chi connectivity index (χ1v) is 9.70. The number of hydrazone groups is 1. The van der Waals surface area contributed by atoms with Gasteiger partial charge < -0.3 is 9.72 Å². The summed E-state index contributed by atoms with van der Waals surface area (Å²) in [4.78, 5) is 28.1. The molecule has 6 nitrogen and oxygen atoms in total. The van der Waals surface area contributed by atoms with Gasteiger partial charge in [-0.05, 0) is 43.0 Å². The van der Waals surface area contributed by atoms with Gasteiger partial charge in [0.1, 0.15) is 5.75 Å². The monoisotopic (exact) mass is 389 g/mol. The van der Waals surface area contributed by atoms with E-state index in [1.165, 1.54) is 11.9 Å². The van der Waals surface area contributed by atoms with E-state index in [4.69, 9.17) is 4.74 Å². The van der Waals surface area contributed by atoms with Gasteiger partial charge in [-0.3, -0.25) is 9.59 Å². The number of carbonyl (C=O) groups excluding carboxylic acids is 1. The maximum Gasteiger partial charge on any atom is 0.253 e. The summed E-state index contributed by atoms with van der Waals surface area (Å²) >= 11 is 0. The SMILES string of the molecule is CCOc1ccc2cc([C@@H]3CC(c4cccc(C)c4)=NN3C(C)=O)c(=O)[nH]c2c1. The Morgan fingerprint density at radius 3 is 2.79 bits per heavy atom. The van der Waals surface area contributed by atoms with Crippen LogP contribution in [0.25, 0.3) is 10.9 Å². The summed E-state index contributed by atoms with van der Waals surface area (Å²) in [5, 5.41) is 6.85. The fourth-order valence-electron chi connectivity index (χ4n) is 3.74. The van der Waals surface area contributed by atoms with Crippen molar-refractivity contribution in [2.45, 2.75) is 33.2 Å². The van der Waals surface area contributed by atoms with Crippen LogP contribution >= 0.6 is 0 Å². The average Bonchev–Trinajstić information content (AvgIpc) is 3.13. The number of amides is 1. The van der Waals surface area contributed by atoms with E-state index < -0.39 is 6.04 Å². The molecule has 2 heterocycles. The second-order valence-electron chi connectivity index (χ2n) is 7.24. The van der Waals surface area contributed by atoms with E-state index in [2.05, 4.69) is 10.1 Å². The molecule has 0 spiro atoms. The summed E-state index contributed by atoms with van der Waals surface area (Å²) in [7, 11) is 0. The minimum absolute atomic E-state index is 0.191.